The molecule has 1 N–H and O–H groups in total. The van der Waals surface area contributed by atoms with Crippen molar-refractivity contribution < 1.29 is 28.9 Å². The highest BCUT2D eigenvalue weighted by Gasteiger charge is 2.61. The van der Waals surface area contributed by atoms with Crippen molar-refractivity contribution in [1.82, 2.24) is 0 Å². The van der Waals surface area contributed by atoms with Crippen LogP contribution in [0.15, 0.2) is 72.4 Å². The maximum Gasteiger partial charge on any atom is 0.331 e. The van der Waals surface area contributed by atoms with Crippen LogP contribution in [-0.4, -0.2) is 48.1 Å². The molecule has 2 fully saturated rings. The van der Waals surface area contributed by atoms with Gasteiger partial charge in [-0.25, -0.2) is 9.59 Å². The van der Waals surface area contributed by atoms with E-state index in [0.29, 0.717) is 6.42 Å². The van der Waals surface area contributed by atoms with Gasteiger partial charge in [-0.05, 0) is 40.0 Å². The zero-order valence-electron chi connectivity index (χ0n) is 19.3. The molecular weight excluding hydrogens is 408 g/mol. The third kappa shape index (κ3) is 7.18. The Kier molecular flexibility index (Phi) is 9.42. The van der Waals surface area contributed by atoms with Crippen LogP contribution in [0.1, 0.15) is 40.0 Å². The topological polar surface area (TPSA) is 85.4 Å². The molecule has 1 aliphatic carbocycles. The smallest absolute Gasteiger partial charge is 0.331 e. The monoisotopic (exact) mass is 442 g/mol. The Balaban J connectivity index is 1.95. The zero-order chi connectivity index (χ0) is 23.7. The van der Waals surface area contributed by atoms with E-state index in [4.69, 9.17) is 19.3 Å². The molecular formula is C26H34O6. The Morgan fingerprint density at radius 1 is 1.16 bits per heavy atom. The lowest BCUT2D eigenvalue weighted by Gasteiger charge is -2.40. The number of hydrogen-bond acceptors (Lipinski definition) is 5. The quantitative estimate of drug-likeness (QED) is 0.173. The highest BCUT2D eigenvalue weighted by atomic mass is 16.6. The number of allylic oxidation sites excluding steroid dienone is 7. The summed E-state index contributed by atoms with van der Waals surface area (Å²) in [7, 11) is 1.64. The Morgan fingerprint density at radius 2 is 1.78 bits per heavy atom. The normalized spacial score (nSPS) is 30.4. The summed E-state index contributed by atoms with van der Waals surface area (Å²) in [4.78, 5) is 22.7. The van der Waals surface area contributed by atoms with E-state index in [2.05, 4.69) is 33.4 Å². The fraction of sp³-hybridized carbons (Fsp3) is 0.462. The van der Waals surface area contributed by atoms with E-state index >= 15 is 0 Å². The predicted molar refractivity (Wildman–Crippen MR) is 124 cm³/mol. The van der Waals surface area contributed by atoms with Crippen LogP contribution in [0.3, 0.4) is 0 Å². The van der Waals surface area contributed by atoms with Gasteiger partial charge in [-0.2, -0.15) is 0 Å². The average molecular weight is 443 g/mol. The highest BCUT2D eigenvalue weighted by Crippen LogP contribution is 2.52. The molecule has 6 heteroatoms. The molecule has 1 aliphatic heterocycles. The summed E-state index contributed by atoms with van der Waals surface area (Å²) in [6.07, 6.45) is 15.9. The van der Waals surface area contributed by atoms with Crippen molar-refractivity contribution in [2.45, 2.75) is 63.9 Å². The Labute approximate surface area is 190 Å². The maximum absolute atomic E-state index is 12.3. The van der Waals surface area contributed by atoms with Gasteiger partial charge in [-0.15, -0.1) is 0 Å². The van der Waals surface area contributed by atoms with E-state index in [0.717, 1.165) is 24.5 Å². The molecule has 2 aliphatic rings. The molecule has 6 nitrogen and oxygen atoms in total. The van der Waals surface area contributed by atoms with E-state index < -0.39 is 11.9 Å². The Morgan fingerprint density at radius 3 is 2.38 bits per heavy atom. The number of hydrogen-bond donors (Lipinski definition) is 1. The third-order valence-corrected chi connectivity index (χ3v) is 5.79. The molecule has 0 spiro atoms. The van der Waals surface area contributed by atoms with Crippen LogP contribution in [0.25, 0.3) is 0 Å². The molecule has 2 rings (SSSR count). The number of carboxylic acid groups (broad SMARTS) is 1. The van der Waals surface area contributed by atoms with Gasteiger partial charge in [0.05, 0.1) is 6.10 Å². The van der Waals surface area contributed by atoms with E-state index in [1.165, 1.54) is 17.7 Å². The van der Waals surface area contributed by atoms with Crippen LogP contribution in [0.2, 0.25) is 0 Å². The molecule has 0 aromatic carbocycles. The lowest BCUT2D eigenvalue weighted by molar-refractivity contribution is -0.156. The fourth-order valence-electron chi connectivity index (χ4n) is 4.13. The van der Waals surface area contributed by atoms with E-state index in [9.17, 15) is 9.59 Å². The largest absolute Gasteiger partial charge is 0.478 e. The van der Waals surface area contributed by atoms with Crippen molar-refractivity contribution in [3.63, 3.8) is 0 Å². The number of rotatable bonds is 10. The number of esters is 1. The number of ether oxygens (including phenoxy) is 3. The molecule has 0 unspecified atom stereocenters. The van der Waals surface area contributed by atoms with Gasteiger partial charge in [-0.3, -0.25) is 0 Å². The first-order valence-electron chi connectivity index (χ1n) is 10.8. The highest BCUT2D eigenvalue weighted by molar-refractivity contribution is 5.82. The molecule has 0 aromatic heterocycles. The van der Waals surface area contributed by atoms with E-state index in [1.54, 1.807) is 37.5 Å². The first kappa shape index (κ1) is 25.6. The average Bonchev–Trinajstić information content (AvgIpc) is 3.39. The van der Waals surface area contributed by atoms with Crippen molar-refractivity contribution in [3.8, 4) is 0 Å². The third-order valence-electron chi connectivity index (χ3n) is 5.79. The zero-order valence-corrected chi connectivity index (χ0v) is 19.3. The van der Waals surface area contributed by atoms with Gasteiger partial charge < -0.3 is 19.3 Å². The molecule has 174 valence electrons. The van der Waals surface area contributed by atoms with Gasteiger partial charge in [0.1, 0.15) is 17.8 Å². The molecule has 32 heavy (non-hydrogen) atoms. The summed E-state index contributed by atoms with van der Waals surface area (Å²) in [5.41, 5.74) is 1.97. The summed E-state index contributed by atoms with van der Waals surface area (Å²) >= 11 is 0. The first-order chi connectivity index (χ1) is 15.2. The van der Waals surface area contributed by atoms with E-state index in [-0.39, 0.29) is 29.8 Å². The second-order valence-corrected chi connectivity index (χ2v) is 8.48. The van der Waals surface area contributed by atoms with Crippen LogP contribution in [0.4, 0.5) is 0 Å². The summed E-state index contributed by atoms with van der Waals surface area (Å²) in [5, 5.41) is 8.50. The lowest BCUT2D eigenvalue weighted by atomic mass is 9.72. The SMILES string of the molecule is C=C1CC[C@@H](OC(=O)/C=C/C=C/C=C/C=C/C(=O)O)[C@@H](OC)[C@@H]1[C@@]1(C)O[C@@H]1CC=C(C)C. The maximum atomic E-state index is 12.3. The molecule has 0 radical (unpaired) electrons. The van der Waals surface area contributed by atoms with Crippen molar-refractivity contribution >= 4 is 11.9 Å². The number of methoxy groups -OCH3 is 1. The molecule has 1 heterocycles. The van der Waals surface area contributed by atoms with Crippen LogP contribution in [0.5, 0.6) is 0 Å². The van der Waals surface area contributed by atoms with Crippen LogP contribution < -0.4 is 0 Å². The van der Waals surface area contributed by atoms with Gasteiger partial charge in [0.15, 0.2) is 0 Å². The molecule has 1 saturated carbocycles. The molecule has 0 aromatic rings. The van der Waals surface area contributed by atoms with Crippen molar-refractivity contribution in [3.05, 3.63) is 72.4 Å². The number of carbonyl (C=O) groups is 2. The fourth-order valence-corrected chi connectivity index (χ4v) is 4.13. The van der Waals surface area contributed by atoms with Crippen LogP contribution in [0, 0.1) is 5.92 Å². The second kappa shape index (κ2) is 11.8. The van der Waals surface area contributed by atoms with Gasteiger partial charge in [0.2, 0.25) is 0 Å². The van der Waals surface area contributed by atoms with Crippen molar-refractivity contribution in [2.75, 3.05) is 7.11 Å². The lowest BCUT2D eigenvalue weighted by Crippen LogP contribution is -2.48. The number of aliphatic carboxylic acids is 1. The summed E-state index contributed by atoms with van der Waals surface area (Å²) in [6.45, 7) is 10.5. The number of epoxide rings is 1. The predicted octanol–water partition coefficient (Wildman–Crippen LogP) is 4.70. The first-order valence-corrected chi connectivity index (χ1v) is 10.8. The van der Waals surface area contributed by atoms with Gasteiger partial charge in [-0.1, -0.05) is 60.3 Å². The Bertz CT molecular complexity index is 842. The summed E-state index contributed by atoms with van der Waals surface area (Å²) in [5.74, 6) is -1.48. The molecule has 0 bridgehead atoms. The van der Waals surface area contributed by atoms with Gasteiger partial charge in [0.25, 0.3) is 0 Å². The standard InChI is InChI=1S/C26H34O6/c1-18(2)14-17-21-26(4,32-21)24-19(3)15-16-20(25(24)30-5)31-23(29)13-11-9-7-6-8-10-12-22(27)28/h6-14,20-21,24-25H,3,15-17H2,1-2,4-5H3,(H,27,28)/b8-6+,9-7+,12-10+,13-11+/t20-,21-,24-,25-,26+/m1/s1. The summed E-state index contributed by atoms with van der Waals surface area (Å²) in [6, 6.07) is 0. The second-order valence-electron chi connectivity index (χ2n) is 8.48. The minimum atomic E-state index is -1.00. The molecule has 1 saturated heterocycles. The van der Waals surface area contributed by atoms with Crippen molar-refractivity contribution in [2.24, 2.45) is 5.92 Å². The summed E-state index contributed by atoms with van der Waals surface area (Å²) < 4.78 is 17.6. The van der Waals surface area contributed by atoms with Crippen LogP contribution >= 0.6 is 0 Å². The van der Waals surface area contributed by atoms with E-state index in [1.807, 2.05) is 0 Å². The molecule has 0 amide bonds. The number of carbonyl (C=O) groups excluding carboxylic acids is 1. The Hall–Kier alpha value is -2.70. The minimum Gasteiger partial charge on any atom is -0.478 e. The van der Waals surface area contributed by atoms with Gasteiger partial charge >= 0.3 is 11.9 Å². The van der Waals surface area contributed by atoms with Crippen LogP contribution in [-0.2, 0) is 23.8 Å². The van der Waals surface area contributed by atoms with Crippen molar-refractivity contribution in [1.29, 1.82) is 0 Å². The van der Waals surface area contributed by atoms with Gasteiger partial charge in [0, 0.05) is 25.2 Å². The minimum absolute atomic E-state index is 0.0394. The number of carboxylic acids is 1. The molecule has 5 atom stereocenters.